The Morgan fingerprint density at radius 1 is 1.43 bits per heavy atom. The maximum absolute atomic E-state index is 12.0. The summed E-state index contributed by atoms with van der Waals surface area (Å²) in [5.74, 6) is 0.395. The molecule has 0 bridgehead atoms. The van der Waals surface area contributed by atoms with E-state index >= 15 is 0 Å². The number of hydrogen-bond donors (Lipinski definition) is 1. The summed E-state index contributed by atoms with van der Waals surface area (Å²) in [7, 11) is 1.44. The molecule has 0 aliphatic heterocycles. The molecule has 0 saturated heterocycles. The monoisotopic (exact) mass is 331 g/mol. The highest BCUT2D eigenvalue weighted by Gasteiger charge is 2.23. The first kappa shape index (κ1) is 16.1. The lowest BCUT2D eigenvalue weighted by Gasteiger charge is -2.13. The molecule has 0 radical (unpaired) electrons. The number of hydrogen-bond acceptors (Lipinski definition) is 4. The van der Waals surface area contributed by atoms with Crippen LogP contribution in [-0.2, 0) is 9.05 Å². The van der Waals surface area contributed by atoms with Crippen molar-refractivity contribution in [1.29, 1.82) is 0 Å². The summed E-state index contributed by atoms with van der Waals surface area (Å²) in [5, 5.41) is 2.78. The minimum absolute atomic E-state index is 0.152. The predicted molar refractivity (Wildman–Crippen MR) is 80.3 cm³/mol. The SMILES string of the molecule is CC(C)Oc1ccc(C(=O)NCC2CC2)cc1S(=O)(=O)Cl. The molecule has 1 N–H and O–H groups in total. The van der Waals surface area contributed by atoms with Gasteiger partial charge in [0.2, 0.25) is 0 Å². The van der Waals surface area contributed by atoms with Gasteiger partial charge in [0, 0.05) is 22.8 Å². The van der Waals surface area contributed by atoms with Crippen LogP contribution in [0.3, 0.4) is 0 Å². The van der Waals surface area contributed by atoms with Crippen molar-refractivity contribution in [2.45, 2.75) is 37.7 Å². The van der Waals surface area contributed by atoms with E-state index in [4.69, 9.17) is 15.4 Å². The van der Waals surface area contributed by atoms with Crippen molar-refractivity contribution in [2.24, 2.45) is 5.92 Å². The van der Waals surface area contributed by atoms with Crippen molar-refractivity contribution in [2.75, 3.05) is 6.54 Å². The number of carbonyl (C=O) groups excluding carboxylic acids is 1. The van der Waals surface area contributed by atoms with Gasteiger partial charge in [-0.2, -0.15) is 0 Å². The molecule has 0 unspecified atom stereocenters. The molecule has 2 rings (SSSR count). The number of carbonyl (C=O) groups is 1. The summed E-state index contributed by atoms with van der Waals surface area (Å²) in [6.07, 6.45) is 2.06. The molecule has 1 amide bonds. The van der Waals surface area contributed by atoms with Crippen LogP contribution in [0.2, 0.25) is 0 Å². The van der Waals surface area contributed by atoms with Gasteiger partial charge in [-0.1, -0.05) is 0 Å². The van der Waals surface area contributed by atoms with E-state index in [9.17, 15) is 13.2 Å². The molecular formula is C14H18ClNO4S. The third kappa shape index (κ3) is 4.61. The Morgan fingerprint density at radius 3 is 2.62 bits per heavy atom. The molecule has 0 spiro atoms. The number of nitrogens with one attached hydrogen (secondary N) is 1. The zero-order valence-electron chi connectivity index (χ0n) is 11.9. The average Bonchev–Trinajstić information content (AvgIpc) is 3.18. The second-order valence-corrected chi connectivity index (χ2v) is 7.95. The Bertz CT molecular complexity index is 638. The maximum atomic E-state index is 12.0. The Labute approximate surface area is 129 Å². The van der Waals surface area contributed by atoms with Gasteiger partial charge < -0.3 is 10.1 Å². The zero-order chi connectivity index (χ0) is 15.6. The van der Waals surface area contributed by atoms with Gasteiger partial charge in [-0.15, -0.1) is 0 Å². The number of benzene rings is 1. The van der Waals surface area contributed by atoms with Crippen LogP contribution >= 0.6 is 10.7 Å². The predicted octanol–water partition coefficient (Wildman–Crippen LogP) is 2.54. The molecule has 5 nitrogen and oxygen atoms in total. The van der Waals surface area contributed by atoms with Gasteiger partial charge >= 0.3 is 0 Å². The lowest BCUT2D eigenvalue weighted by Crippen LogP contribution is -2.25. The largest absolute Gasteiger partial charge is 0.490 e. The molecule has 1 aliphatic carbocycles. The van der Waals surface area contributed by atoms with Gasteiger partial charge in [-0.25, -0.2) is 8.42 Å². The quantitative estimate of drug-likeness (QED) is 0.813. The summed E-state index contributed by atoms with van der Waals surface area (Å²) in [4.78, 5) is 11.8. The molecule has 0 aromatic heterocycles. The molecular weight excluding hydrogens is 314 g/mol. The van der Waals surface area contributed by atoms with Crippen molar-refractivity contribution in [3.63, 3.8) is 0 Å². The number of amides is 1. The van der Waals surface area contributed by atoms with Gasteiger partial charge in [-0.3, -0.25) is 4.79 Å². The standard InChI is InChI=1S/C14H18ClNO4S/c1-9(2)20-12-6-5-11(7-13(12)21(15,18)19)14(17)16-8-10-3-4-10/h5-7,9-10H,3-4,8H2,1-2H3,(H,16,17). The van der Waals surface area contributed by atoms with E-state index in [0.717, 1.165) is 12.8 Å². The fraction of sp³-hybridized carbons (Fsp3) is 0.500. The van der Waals surface area contributed by atoms with Gasteiger partial charge in [-0.05, 0) is 50.8 Å². The van der Waals surface area contributed by atoms with Crippen molar-refractivity contribution >= 4 is 25.6 Å². The second-order valence-electron chi connectivity index (χ2n) is 5.42. The fourth-order valence-electron chi connectivity index (χ4n) is 1.85. The maximum Gasteiger partial charge on any atom is 0.265 e. The van der Waals surface area contributed by atoms with Crippen LogP contribution < -0.4 is 10.1 Å². The molecule has 1 saturated carbocycles. The van der Waals surface area contributed by atoms with Crippen LogP contribution in [0.4, 0.5) is 0 Å². The van der Waals surface area contributed by atoms with E-state index in [0.29, 0.717) is 12.5 Å². The van der Waals surface area contributed by atoms with Crippen LogP contribution in [0.25, 0.3) is 0 Å². The van der Waals surface area contributed by atoms with E-state index in [1.807, 2.05) is 0 Å². The zero-order valence-corrected chi connectivity index (χ0v) is 13.5. The van der Waals surface area contributed by atoms with Crippen molar-refractivity contribution in [3.05, 3.63) is 23.8 Å². The summed E-state index contributed by atoms with van der Waals surface area (Å²) >= 11 is 0. The normalized spacial score (nSPS) is 15.0. The van der Waals surface area contributed by atoms with Crippen LogP contribution in [0.5, 0.6) is 5.75 Å². The Hall–Kier alpha value is -1.27. The van der Waals surface area contributed by atoms with Crippen LogP contribution in [0.1, 0.15) is 37.0 Å². The highest BCUT2D eigenvalue weighted by molar-refractivity contribution is 8.13. The first-order valence-corrected chi connectivity index (χ1v) is 9.12. The van der Waals surface area contributed by atoms with Crippen molar-refractivity contribution in [1.82, 2.24) is 5.32 Å². The summed E-state index contributed by atoms with van der Waals surface area (Å²) in [6.45, 7) is 4.17. The van der Waals surface area contributed by atoms with E-state index in [2.05, 4.69) is 5.32 Å². The minimum atomic E-state index is -3.99. The molecule has 116 valence electrons. The number of halogens is 1. The van der Waals surface area contributed by atoms with Crippen molar-refractivity contribution in [3.8, 4) is 5.75 Å². The summed E-state index contributed by atoms with van der Waals surface area (Å²) in [5.41, 5.74) is 0.256. The fourth-order valence-corrected chi connectivity index (χ4v) is 2.84. The molecule has 0 heterocycles. The molecule has 1 aromatic rings. The van der Waals surface area contributed by atoms with Crippen LogP contribution in [0.15, 0.2) is 23.1 Å². The lowest BCUT2D eigenvalue weighted by atomic mass is 10.2. The molecule has 7 heteroatoms. The van der Waals surface area contributed by atoms with E-state index in [-0.39, 0.29) is 28.2 Å². The van der Waals surface area contributed by atoms with Gasteiger partial charge in [0.15, 0.2) is 0 Å². The Kier molecular flexibility index (Phi) is 4.78. The minimum Gasteiger partial charge on any atom is -0.490 e. The smallest absolute Gasteiger partial charge is 0.265 e. The average molecular weight is 332 g/mol. The molecule has 21 heavy (non-hydrogen) atoms. The van der Waals surface area contributed by atoms with E-state index < -0.39 is 9.05 Å². The van der Waals surface area contributed by atoms with Gasteiger partial charge in [0.25, 0.3) is 15.0 Å². The Morgan fingerprint density at radius 2 is 2.10 bits per heavy atom. The first-order valence-electron chi connectivity index (χ1n) is 6.81. The lowest BCUT2D eigenvalue weighted by molar-refractivity contribution is 0.0951. The first-order chi connectivity index (χ1) is 9.77. The van der Waals surface area contributed by atoms with Gasteiger partial charge in [0.05, 0.1) is 6.10 Å². The third-order valence-corrected chi connectivity index (χ3v) is 4.42. The molecule has 0 atom stereocenters. The molecule has 1 fully saturated rings. The van der Waals surface area contributed by atoms with E-state index in [1.54, 1.807) is 13.8 Å². The number of rotatable bonds is 6. The number of ether oxygens (including phenoxy) is 1. The highest BCUT2D eigenvalue weighted by atomic mass is 35.7. The van der Waals surface area contributed by atoms with E-state index in [1.165, 1.54) is 18.2 Å². The Balaban J connectivity index is 2.25. The van der Waals surface area contributed by atoms with Gasteiger partial charge in [0.1, 0.15) is 10.6 Å². The van der Waals surface area contributed by atoms with Crippen LogP contribution in [0, 0.1) is 5.92 Å². The second kappa shape index (κ2) is 6.23. The summed E-state index contributed by atoms with van der Waals surface area (Å²) < 4.78 is 28.7. The summed E-state index contributed by atoms with van der Waals surface area (Å²) in [6, 6.07) is 4.25. The van der Waals surface area contributed by atoms with Crippen LogP contribution in [-0.4, -0.2) is 27.0 Å². The third-order valence-electron chi connectivity index (χ3n) is 3.08. The highest BCUT2D eigenvalue weighted by Crippen LogP contribution is 2.30. The molecule has 1 aliphatic rings. The topological polar surface area (TPSA) is 72.5 Å². The van der Waals surface area contributed by atoms with Crippen molar-refractivity contribution < 1.29 is 17.9 Å². The molecule has 1 aromatic carbocycles.